The SMILES string of the molecule is CCc1nc(C(F)(F)F)cn1-c1ccc2[nH]ncc2c1. The highest BCUT2D eigenvalue weighted by atomic mass is 19.4. The van der Waals surface area contributed by atoms with Gasteiger partial charge in [0.2, 0.25) is 0 Å². The number of aryl methyl sites for hydroxylation is 1. The molecule has 4 nitrogen and oxygen atoms in total. The molecule has 3 aromatic rings. The number of nitrogens with zero attached hydrogens (tertiary/aromatic N) is 3. The van der Waals surface area contributed by atoms with Gasteiger partial charge in [0.1, 0.15) is 5.82 Å². The van der Waals surface area contributed by atoms with Crippen LogP contribution in [0.15, 0.2) is 30.6 Å². The Morgan fingerprint density at radius 1 is 1.30 bits per heavy atom. The molecule has 0 saturated heterocycles. The number of hydrogen-bond acceptors (Lipinski definition) is 2. The lowest BCUT2D eigenvalue weighted by atomic mass is 10.2. The molecule has 7 heteroatoms. The summed E-state index contributed by atoms with van der Waals surface area (Å²) in [5.41, 5.74) is 0.600. The standard InChI is InChI=1S/C13H11F3N4/c1-2-12-18-11(13(14,15)16)7-20(12)9-3-4-10-8(5-9)6-17-19-10/h3-7H,2H2,1H3,(H,17,19). The van der Waals surface area contributed by atoms with E-state index >= 15 is 0 Å². The number of halogens is 3. The van der Waals surface area contributed by atoms with Gasteiger partial charge in [0, 0.05) is 23.7 Å². The maximum absolute atomic E-state index is 12.7. The van der Waals surface area contributed by atoms with Crippen molar-refractivity contribution in [2.45, 2.75) is 19.5 Å². The van der Waals surface area contributed by atoms with Crippen molar-refractivity contribution in [1.29, 1.82) is 0 Å². The van der Waals surface area contributed by atoms with E-state index in [1.807, 2.05) is 0 Å². The van der Waals surface area contributed by atoms with Gasteiger partial charge in [-0.05, 0) is 18.2 Å². The minimum absolute atomic E-state index is 0.375. The number of benzene rings is 1. The summed E-state index contributed by atoms with van der Waals surface area (Å²) in [6.45, 7) is 1.77. The fraction of sp³-hybridized carbons (Fsp3) is 0.231. The molecule has 2 aromatic heterocycles. The maximum atomic E-state index is 12.7. The van der Waals surface area contributed by atoms with Crippen LogP contribution in [0, 0.1) is 0 Å². The lowest BCUT2D eigenvalue weighted by Gasteiger charge is -2.06. The first-order valence-electron chi connectivity index (χ1n) is 6.08. The highest BCUT2D eigenvalue weighted by Gasteiger charge is 2.34. The van der Waals surface area contributed by atoms with Crippen molar-refractivity contribution in [1.82, 2.24) is 19.7 Å². The smallest absolute Gasteiger partial charge is 0.303 e. The van der Waals surface area contributed by atoms with Crippen LogP contribution in [0.4, 0.5) is 13.2 Å². The summed E-state index contributed by atoms with van der Waals surface area (Å²) >= 11 is 0. The normalized spacial score (nSPS) is 12.2. The van der Waals surface area contributed by atoms with Crippen molar-refractivity contribution in [3.8, 4) is 5.69 Å². The lowest BCUT2D eigenvalue weighted by Crippen LogP contribution is -2.05. The van der Waals surface area contributed by atoms with Crippen LogP contribution < -0.4 is 0 Å². The van der Waals surface area contributed by atoms with Crippen molar-refractivity contribution < 1.29 is 13.2 Å². The Morgan fingerprint density at radius 3 is 2.80 bits per heavy atom. The van der Waals surface area contributed by atoms with E-state index in [0.29, 0.717) is 17.9 Å². The molecule has 3 rings (SSSR count). The second kappa shape index (κ2) is 4.36. The van der Waals surface area contributed by atoms with Crippen LogP contribution in [0.2, 0.25) is 0 Å². The molecule has 0 radical (unpaired) electrons. The molecule has 0 aliphatic rings. The van der Waals surface area contributed by atoms with Crippen LogP contribution in [0.1, 0.15) is 18.4 Å². The van der Waals surface area contributed by atoms with E-state index in [-0.39, 0.29) is 0 Å². The topological polar surface area (TPSA) is 46.5 Å². The van der Waals surface area contributed by atoms with Crippen molar-refractivity contribution in [2.24, 2.45) is 0 Å². The summed E-state index contributed by atoms with van der Waals surface area (Å²) in [5.74, 6) is 0.375. The Morgan fingerprint density at radius 2 is 2.10 bits per heavy atom. The van der Waals surface area contributed by atoms with Gasteiger partial charge in [-0.2, -0.15) is 18.3 Å². The second-order valence-electron chi connectivity index (χ2n) is 4.41. The number of aromatic amines is 1. The van der Waals surface area contributed by atoms with Gasteiger partial charge in [-0.25, -0.2) is 4.98 Å². The lowest BCUT2D eigenvalue weighted by molar-refractivity contribution is -0.141. The largest absolute Gasteiger partial charge is 0.434 e. The zero-order valence-electron chi connectivity index (χ0n) is 10.6. The molecule has 2 heterocycles. The quantitative estimate of drug-likeness (QED) is 0.782. The number of imidazole rings is 1. The molecule has 0 saturated carbocycles. The summed E-state index contributed by atoms with van der Waals surface area (Å²) in [6, 6.07) is 5.30. The van der Waals surface area contributed by atoms with Crippen molar-refractivity contribution in [2.75, 3.05) is 0 Å². The molecule has 0 aliphatic carbocycles. The van der Waals surface area contributed by atoms with E-state index in [4.69, 9.17) is 0 Å². The van der Waals surface area contributed by atoms with Crippen LogP contribution in [0.5, 0.6) is 0 Å². The summed E-state index contributed by atoms with van der Waals surface area (Å²) < 4.78 is 39.7. The van der Waals surface area contributed by atoms with Gasteiger partial charge < -0.3 is 4.57 Å². The van der Waals surface area contributed by atoms with Crippen LogP contribution in [-0.4, -0.2) is 19.7 Å². The minimum Gasteiger partial charge on any atom is -0.303 e. The number of H-pyrrole nitrogens is 1. The van der Waals surface area contributed by atoms with Gasteiger partial charge in [0.25, 0.3) is 0 Å². The van der Waals surface area contributed by atoms with Gasteiger partial charge in [-0.15, -0.1) is 0 Å². The van der Waals surface area contributed by atoms with E-state index < -0.39 is 11.9 Å². The predicted molar refractivity (Wildman–Crippen MR) is 67.6 cm³/mol. The van der Waals surface area contributed by atoms with Crippen LogP contribution in [-0.2, 0) is 12.6 Å². The first-order chi connectivity index (χ1) is 9.49. The van der Waals surface area contributed by atoms with Gasteiger partial charge in [-0.3, -0.25) is 5.10 Å². The molecule has 0 unspecified atom stereocenters. The predicted octanol–water partition coefficient (Wildman–Crippen LogP) is 3.33. The van der Waals surface area contributed by atoms with Gasteiger partial charge in [-0.1, -0.05) is 6.92 Å². The molecule has 0 amide bonds. The first kappa shape index (κ1) is 12.7. The molecule has 0 fully saturated rings. The van der Waals surface area contributed by atoms with Gasteiger partial charge >= 0.3 is 6.18 Å². The Bertz CT molecular complexity index is 754. The van der Waals surface area contributed by atoms with Crippen molar-refractivity contribution in [3.05, 3.63) is 42.1 Å². The zero-order valence-corrected chi connectivity index (χ0v) is 10.6. The Hall–Kier alpha value is -2.31. The Kier molecular flexibility index (Phi) is 2.77. The second-order valence-corrected chi connectivity index (χ2v) is 4.41. The molecule has 0 atom stereocenters. The highest BCUT2D eigenvalue weighted by molar-refractivity contribution is 5.80. The Labute approximate surface area is 112 Å². The summed E-state index contributed by atoms with van der Waals surface area (Å²) in [4.78, 5) is 3.66. The van der Waals surface area contributed by atoms with E-state index in [1.54, 1.807) is 31.3 Å². The highest BCUT2D eigenvalue weighted by Crippen LogP contribution is 2.30. The first-order valence-corrected chi connectivity index (χ1v) is 6.08. The van der Waals surface area contributed by atoms with Gasteiger partial charge in [0.15, 0.2) is 5.69 Å². The maximum Gasteiger partial charge on any atom is 0.434 e. The fourth-order valence-corrected chi connectivity index (χ4v) is 2.11. The number of hydrogen-bond donors (Lipinski definition) is 1. The summed E-state index contributed by atoms with van der Waals surface area (Å²) in [7, 11) is 0. The number of alkyl halides is 3. The number of nitrogens with one attached hydrogen (secondary N) is 1. The van der Waals surface area contributed by atoms with Gasteiger partial charge in [0.05, 0.1) is 11.7 Å². The molecular formula is C13H11F3N4. The zero-order chi connectivity index (χ0) is 14.3. The molecule has 0 bridgehead atoms. The van der Waals surface area contributed by atoms with E-state index in [0.717, 1.165) is 17.1 Å². The van der Waals surface area contributed by atoms with Crippen LogP contribution in [0.3, 0.4) is 0 Å². The number of rotatable bonds is 2. The fourth-order valence-electron chi connectivity index (χ4n) is 2.11. The molecule has 1 N–H and O–H groups in total. The monoisotopic (exact) mass is 280 g/mol. The number of aromatic nitrogens is 4. The molecule has 20 heavy (non-hydrogen) atoms. The average Bonchev–Trinajstić information content (AvgIpc) is 3.03. The van der Waals surface area contributed by atoms with Crippen LogP contribution in [0.25, 0.3) is 16.6 Å². The molecular weight excluding hydrogens is 269 g/mol. The third-order valence-electron chi connectivity index (χ3n) is 3.09. The molecule has 0 aliphatic heterocycles. The Balaban J connectivity index is 2.14. The van der Waals surface area contributed by atoms with E-state index in [9.17, 15) is 13.2 Å². The van der Waals surface area contributed by atoms with Crippen molar-refractivity contribution >= 4 is 10.9 Å². The average molecular weight is 280 g/mol. The molecule has 104 valence electrons. The summed E-state index contributed by atoms with van der Waals surface area (Å²) in [5, 5.41) is 7.53. The molecule has 0 spiro atoms. The third-order valence-corrected chi connectivity index (χ3v) is 3.09. The van der Waals surface area contributed by atoms with Crippen molar-refractivity contribution in [3.63, 3.8) is 0 Å². The minimum atomic E-state index is -4.44. The number of fused-ring (bicyclic) bond motifs is 1. The third kappa shape index (κ3) is 2.04. The molecule has 1 aromatic carbocycles. The van der Waals surface area contributed by atoms with E-state index in [2.05, 4.69) is 15.2 Å². The van der Waals surface area contributed by atoms with E-state index in [1.165, 1.54) is 4.57 Å². The summed E-state index contributed by atoms with van der Waals surface area (Å²) in [6.07, 6.45) is -1.36. The van der Waals surface area contributed by atoms with Crippen LogP contribution >= 0.6 is 0 Å².